The molecule has 2 aromatic carbocycles. The third-order valence-electron chi connectivity index (χ3n) is 4.83. The summed E-state index contributed by atoms with van der Waals surface area (Å²) in [5.74, 6) is -1.33. The van der Waals surface area contributed by atoms with E-state index in [9.17, 15) is 22.4 Å². The number of anilines is 1. The Balaban J connectivity index is 2.38. The molecule has 0 aliphatic heterocycles. The lowest BCUT2D eigenvalue weighted by molar-refractivity contribution is -0.139. The average molecular weight is 464 g/mol. The van der Waals surface area contributed by atoms with E-state index in [-0.39, 0.29) is 18.5 Å². The smallest absolute Gasteiger partial charge is 0.244 e. The highest BCUT2D eigenvalue weighted by molar-refractivity contribution is 7.92. The van der Waals surface area contributed by atoms with Gasteiger partial charge in [0, 0.05) is 12.6 Å². The van der Waals surface area contributed by atoms with Crippen molar-refractivity contribution in [1.82, 2.24) is 10.2 Å². The largest absolute Gasteiger partial charge is 0.352 e. The van der Waals surface area contributed by atoms with Gasteiger partial charge in [0.15, 0.2) is 0 Å². The van der Waals surface area contributed by atoms with Crippen LogP contribution in [0.4, 0.5) is 10.1 Å². The maximum Gasteiger partial charge on any atom is 0.244 e. The number of hydrogen-bond donors (Lipinski definition) is 1. The molecule has 32 heavy (non-hydrogen) atoms. The Morgan fingerprint density at radius 3 is 2.22 bits per heavy atom. The molecule has 7 nitrogen and oxygen atoms in total. The molecule has 1 N–H and O–H groups in total. The molecule has 9 heteroatoms. The van der Waals surface area contributed by atoms with E-state index in [0.717, 1.165) is 16.1 Å². The number of carbonyl (C=O) groups excluding carboxylic acids is 2. The van der Waals surface area contributed by atoms with Crippen molar-refractivity contribution < 1.29 is 22.4 Å². The summed E-state index contributed by atoms with van der Waals surface area (Å²) in [5.41, 5.74) is 1.82. The Kier molecular flexibility index (Phi) is 8.38. The van der Waals surface area contributed by atoms with Gasteiger partial charge in [-0.15, -0.1) is 0 Å². The van der Waals surface area contributed by atoms with Gasteiger partial charge in [-0.3, -0.25) is 13.9 Å². The van der Waals surface area contributed by atoms with Crippen LogP contribution in [0.25, 0.3) is 0 Å². The highest BCUT2D eigenvalue weighted by Gasteiger charge is 2.30. The maximum atomic E-state index is 13.3. The fraction of sp³-hybridized carbons (Fsp3) is 0.391. The SMILES string of the molecule is Cc1cccc(N(CC(=O)N(Cc2ccc(F)cc2)C(C)C(=O)NC(C)C)S(C)(=O)=O)c1. The fourth-order valence-electron chi connectivity index (χ4n) is 3.17. The van der Waals surface area contributed by atoms with Gasteiger partial charge in [-0.2, -0.15) is 0 Å². The third kappa shape index (κ3) is 7.05. The van der Waals surface area contributed by atoms with E-state index in [2.05, 4.69) is 5.32 Å². The molecule has 2 aromatic rings. The molecule has 0 saturated carbocycles. The molecule has 0 aliphatic carbocycles. The first-order chi connectivity index (χ1) is 14.9. The van der Waals surface area contributed by atoms with E-state index in [1.807, 2.05) is 13.0 Å². The average Bonchev–Trinajstić information content (AvgIpc) is 2.69. The van der Waals surface area contributed by atoms with E-state index in [4.69, 9.17) is 0 Å². The van der Waals surface area contributed by atoms with E-state index in [1.165, 1.54) is 29.2 Å². The van der Waals surface area contributed by atoms with Crippen molar-refractivity contribution in [2.24, 2.45) is 0 Å². The molecule has 0 radical (unpaired) electrons. The van der Waals surface area contributed by atoms with E-state index < -0.39 is 34.3 Å². The summed E-state index contributed by atoms with van der Waals surface area (Å²) in [6, 6.07) is 11.4. The minimum absolute atomic E-state index is 0.0250. The number of amides is 2. The number of nitrogens with zero attached hydrogens (tertiary/aromatic N) is 2. The highest BCUT2D eigenvalue weighted by Crippen LogP contribution is 2.20. The van der Waals surface area contributed by atoms with Gasteiger partial charge in [-0.1, -0.05) is 24.3 Å². The number of rotatable bonds is 9. The third-order valence-corrected chi connectivity index (χ3v) is 5.97. The lowest BCUT2D eigenvalue weighted by atomic mass is 10.1. The van der Waals surface area contributed by atoms with Crippen molar-refractivity contribution in [1.29, 1.82) is 0 Å². The standard InChI is InChI=1S/C23H30FN3O4S/c1-16(2)25-23(29)18(4)26(14-19-9-11-20(24)12-10-19)22(28)15-27(32(5,30)31)21-8-6-7-17(3)13-21/h6-13,16,18H,14-15H2,1-5H3,(H,25,29). The molecule has 0 spiro atoms. The highest BCUT2D eigenvalue weighted by atomic mass is 32.2. The number of hydrogen-bond acceptors (Lipinski definition) is 4. The molecule has 0 heterocycles. The second-order valence-electron chi connectivity index (χ2n) is 8.10. The van der Waals surface area contributed by atoms with Crippen LogP contribution in [0, 0.1) is 12.7 Å². The second-order valence-corrected chi connectivity index (χ2v) is 10.0. The number of carbonyl (C=O) groups is 2. The molecule has 174 valence electrons. The molecular formula is C23H30FN3O4S. The number of aryl methyl sites for hydroxylation is 1. The van der Waals surface area contributed by atoms with E-state index in [1.54, 1.807) is 39.0 Å². The predicted octanol–water partition coefficient (Wildman–Crippen LogP) is 2.84. The van der Waals surface area contributed by atoms with Crippen molar-refractivity contribution in [3.8, 4) is 0 Å². The van der Waals surface area contributed by atoms with Gasteiger partial charge >= 0.3 is 0 Å². The zero-order valence-corrected chi connectivity index (χ0v) is 19.8. The van der Waals surface area contributed by atoms with Crippen LogP contribution in [0.1, 0.15) is 31.9 Å². The molecule has 2 amide bonds. The second kappa shape index (κ2) is 10.6. The molecule has 0 bridgehead atoms. The normalized spacial score (nSPS) is 12.3. The van der Waals surface area contributed by atoms with Crippen LogP contribution in [-0.2, 0) is 26.2 Å². The number of sulfonamides is 1. The number of halogens is 1. The topological polar surface area (TPSA) is 86.8 Å². The zero-order valence-electron chi connectivity index (χ0n) is 19.0. The monoisotopic (exact) mass is 463 g/mol. The van der Waals surface area contributed by atoms with Gasteiger partial charge in [0.25, 0.3) is 0 Å². The van der Waals surface area contributed by atoms with Gasteiger partial charge < -0.3 is 10.2 Å². The molecule has 0 aromatic heterocycles. The summed E-state index contributed by atoms with van der Waals surface area (Å²) in [7, 11) is -3.77. The van der Waals surface area contributed by atoms with Crippen LogP contribution in [0.3, 0.4) is 0 Å². The number of nitrogens with one attached hydrogen (secondary N) is 1. The molecule has 2 rings (SSSR count). The number of benzene rings is 2. The first kappa shape index (κ1) is 25.3. The van der Waals surface area contributed by atoms with Crippen molar-refractivity contribution in [3.63, 3.8) is 0 Å². The van der Waals surface area contributed by atoms with Crippen molar-refractivity contribution in [3.05, 3.63) is 65.5 Å². The van der Waals surface area contributed by atoms with Crippen LogP contribution < -0.4 is 9.62 Å². The molecule has 0 aliphatic rings. The Labute approximate surface area is 189 Å². The van der Waals surface area contributed by atoms with Gasteiger partial charge in [0.1, 0.15) is 18.4 Å². The van der Waals surface area contributed by atoms with E-state index in [0.29, 0.717) is 11.3 Å². The van der Waals surface area contributed by atoms with Gasteiger partial charge in [-0.25, -0.2) is 12.8 Å². The van der Waals surface area contributed by atoms with Crippen LogP contribution >= 0.6 is 0 Å². The molecule has 0 saturated heterocycles. The lowest BCUT2D eigenvalue weighted by Crippen LogP contribution is -2.52. The van der Waals surface area contributed by atoms with Crippen LogP contribution in [0.2, 0.25) is 0 Å². The minimum atomic E-state index is -3.77. The maximum absolute atomic E-state index is 13.3. The van der Waals surface area contributed by atoms with Crippen molar-refractivity contribution in [2.45, 2.75) is 46.3 Å². The van der Waals surface area contributed by atoms with Crippen LogP contribution in [-0.4, -0.2) is 50.0 Å². The summed E-state index contributed by atoms with van der Waals surface area (Å²) < 4.78 is 39.3. The Morgan fingerprint density at radius 1 is 1.06 bits per heavy atom. The molecule has 1 unspecified atom stereocenters. The summed E-state index contributed by atoms with van der Waals surface area (Å²) in [5, 5.41) is 2.77. The molecular weight excluding hydrogens is 433 g/mol. The van der Waals surface area contributed by atoms with E-state index >= 15 is 0 Å². The predicted molar refractivity (Wildman–Crippen MR) is 123 cm³/mol. The molecule has 0 fully saturated rings. The van der Waals surface area contributed by atoms with Crippen molar-refractivity contribution >= 4 is 27.5 Å². The minimum Gasteiger partial charge on any atom is -0.352 e. The Morgan fingerprint density at radius 2 is 1.69 bits per heavy atom. The summed E-state index contributed by atoms with van der Waals surface area (Å²) >= 11 is 0. The Hall–Kier alpha value is -2.94. The van der Waals surface area contributed by atoms with Crippen molar-refractivity contribution in [2.75, 3.05) is 17.1 Å². The quantitative estimate of drug-likeness (QED) is 0.620. The first-order valence-electron chi connectivity index (χ1n) is 10.3. The van der Waals surface area contributed by atoms with Crippen LogP contribution in [0.15, 0.2) is 48.5 Å². The van der Waals surface area contributed by atoms with Crippen LogP contribution in [0.5, 0.6) is 0 Å². The summed E-state index contributed by atoms with van der Waals surface area (Å²) in [6.45, 7) is 6.57. The zero-order chi connectivity index (χ0) is 24.1. The van der Waals surface area contributed by atoms with Gasteiger partial charge in [0.05, 0.1) is 11.9 Å². The summed E-state index contributed by atoms with van der Waals surface area (Å²) in [6.07, 6.45) is 1.03. The fourth-order valence-corrected chi connectivity index (χ4v) is 4.01. The van der Waals surface area contributed by atoms with Gasteiger partial charge in [-0.05, 0) is 63.1 Å². The summed E-state index contributed by atoms with van der Waals surface area (Å²) in [4.78, 5) is 27.3. The first-order valence-corrected chi connectivity index (χ1v) is 12.1. The molecule has 1 atom stereocenters. The van der Waals surface area contributed by atoms with Gasteiger partial charge in [0.2, 0.25) is 21.8 Å². The lowest BCUT2D eigenvalue weighted by Gasteiger charge is -2.32. The Bertz CT molecular complexity index is 1060.